The van der Waals surface area contributed by atoms with Crippen molar-refractivity contribution < 1.29 is 0 Å². The Morgan fingerprint density at radius 1 is 1.25 bits per heavy atom. The molecule has 0 amide bonds. The molecule has 1 heterocycles. The van der Waals surface area contributed by atoms with Crippen molar-refractivity contribution in [1.82, 2.24) is 9.89 Å². The molecule has 0 fully saturated rings. The van der Waals surface area contributed by atoms with Crippen molar-refractivity contribution in [3.63, 3.8) is 0 Å². The van der Waals surface area contributed by atoms with E-state index in [0.717, 1.165) is 0 Å². The molecule has 0 bridgehead atoms. The molecule has 1 aromatic heterocycles. The van der Waals surface area contributed by atoms with Crippen molar-refractivity contribution in [2.45, 2.75) is 0 Å². The van der Waals surface area contributed by atoms with Crippen LogP contribution in [-0.4, -0.2) is 31.0 Å². The van der Waals surface area contributed by atoms with Crippen LogP contribution in [0.1, 0.15) is 0 Å². The molecular weight excluding hydrogens is 158 g/mol. The van der Waals surface area contributed by atoms with E-state index in [1.54, 1.807) is 21.1 Å². The van der Waals surface area contributed by atoms with Crippen molar-refractivity contribution in [1.29, 1.82) is 0 Å². The van der Waals surface area contributed by atoms with Crippen LogP contribution in [0.25, 0.3) is 0 Å². The number of H-pyrrole nitrogens is 1. The van der Waals surface area contributed by atoms with Crippen LogP contribution in [0.4, 0.5) is 11.5 Å². The monoisotopic (exact) mass is 171 g/mol. The lowest BCUT2D eigenvalue weighted by Gasteiger charge is -1.97. The summed E-state index contributed by atoms with van der Waals surface area (Å²) in [6, 6.07) is 0. The highest BCUT2D eigenvalue weighted by Crippen LogP contribution is 2.10. The lowest BCUT2D eigenvalue weighted by molar-refractivity contribution is 0.757. The van der Waals surface area contributed by atoms with Crippen LogP contribution in [0, 0.1) is 0 Å². The highest BCUT2D eigenvalue weighted by molar-refractivity contribution is 5.62. The number of aromatic nitrogens is 2. The van der Waals surface area contributed by atoms with Crippen LogP contribution in [0.3, 0.4) is 0 Å². The first-order valence-corrected chi connectivity index (χ1v) is 3.62. The van der Waals surface area contributed by atoms with E-state index in [9.17, 15) is 4.79 Å². The van der Waals surface area contributed by atoms with Gasteiger partial charge in [-0.3, -0.25) is 9.89 Å². The van der Waals surface area contributed by atoms with Crippen LogP contribution < -0.4 is 21.6 Å². The molecule has 0 radical (unpaired) electrons. The van der Waals surface area contributed by atoms with Gasteiger partial charge in [0.05, 0.1) is 0 Å². The van der Waals surface area contributed by atoms with Crippen molar-refractivity contribution in [2.75, 3.05) is 37.2 Å². The molecule has 68 valence electrons. The number of aromatic amines is 1. The second-order valence-corrected chi connectivity index (χ2v) is 2.23. The van der Waals surface area contributed by atoms with Gasteiger partial charge in [-0.1, -0.05) is 0 Å². The van der Waals surface area contributed by atoms with E-state index >= 15 is 0 Å². The first-order valence-electron chi connectivity index (χ1n) is 3.62. The summed E-state index contributed by atoms with van der Waals surface area (Å²) in [4.78, 5) is 12.7. The molecule has 4 N–H and O–H groups in total. The van der Waals surface area contributed by atoms with E-state index in [1.165, 1.54) is 4.79 Å². The van der Waals surface area contributed by atoms with Gasteiger partial charge in [-0.15, -0.1) is 0 Å². The van der Waals surface area contributed by atoms with Gasteiger partial charge in [0.2, 0.25) is 0 Å². The molecule has 0 aliphatic rings. The topological polar surface area (TPSA) is 73.9 Å². The van der Waals surface area contributed by atoms with Gasteiger partial charge < -0.3 is 16.1 Å². The Morgan fingerprint density at radius 3 is 2.25 bits per heavy atom. The molecule has 6 heteroatoms. The normalized spacial score (nSPS) is 9.58. The molecule has 0 aliphatic carbocycles. The van der Waals surface area contributed by atoms with Crippen molar-refractivity contribution >= 4 is 11.5 Å². The highest BCUT2D eigenvalue weighted by Gasteiger charge is 2.09. The Kier molecular flexibility index (Phi) is 2.27. The van der Waals surface area contributed by atoms with Crippen molar-refractivity contribution in [3.05, 3.63) is 10.4 Å². The molecule has 0 spiro atoms. The summed E-state index contributed by atoms with van der Waals surface area (Å²) in [7, 11) is 5.11. The summed E-state index contributed by atoms with van der Waals surface area (Å²) in [5.41, 5.74) is 3.08. The second kappa shape index (κ2) is 3.21. The third-order valence-electron chi connectivity index (χ3n) is 1.61. The van der Waals surface area contributed by atoms with E-state index in [1.807, 2.05) is 0 Å². The maximum absolute atomic E-state index is 11.4. The average molecular weight is 171 g/mol. The maximum Gasteiger partial charge on any atom is 0.311 e. The van der Waals surface area contributed by atoms with Gasteiger partial charge in [0.1, 0.15) is 11.5 Å². The van der Waals surface area contributed by atoms with Gasteiger partial charge in [0.15, 0.2) is 0 Å². The smallest absolute Gasteiger partial charge is 0.311 e. The van der Waals surface area contributed by atoms with Gasteiger partial charge >= 0.3 is 5.56 Å². The number of hydrogen-bond acceptors (Lipinski definition) is 4. The Bertz CT molecular complexity index is 312. The summed E-state index contributed by atoms with van der Waals surface area (Å²) < 4.78 is 0. The van der Waals surface area contributed by atoms with E-state index in [4.69, 9.17) is 0 Å². The fourth-order valence-electron chi connectivity index (χ4n) is 1.01. The minimum atomic E-state index is -0.135. The second-order valence-electron chi connectivity index (χ2n) is 2.23. The predicted octanol–water partition coefficient (Wildman–Crippen LogP) is -0.567. The van der Waals surface area contributed by atoms with Gasteiger partial charge in [0.25, 0.3) is 0 Å². The maximum atomic E-state index is 11.4. The molecule has 0 saturated heterocycles. The third-order valence-corrected chi connectivity index (χ3v) is 1.61. The van der Waals surface area contributed by atoms with E-state index in [-0.39, 0.29) is 5.56 Å². The summed E-state index contributed by atoms with van der Waals surface area (Å²) in [5, 5.41) is 8.49. The molecule has 0 aromatic carbocycles. The number of nitrogens with one attached hydrogen (secondary N) is 4. The first-order chi connectivity index (χ1) is 5.74. The summed E-state index contributed by atoms with van der Waals surface area (Å²) in [5.74, 6) is 0.664. The minimum Gasteiger partial charge on any atom is -0.381 e. The zero-order valence-electron chi connectivity index (χ0n) is 7.36. The van der Waals surface area contributed by atoms with E-state index in [0.29, 0.717) is 11.5 Å². The van der Waals surface area contributed by atoms with Crippen LogP contribution in [0.15, 0.2) is 4.79 Å². The summed E-state index contributed by atoms with van der Waals surface area (Å²) in [6.07, 6.45) is 0. The Hall–Kier alpha value is -1.59. The Labute approximate surface area is 69.9 Å². The van der Waals surface area contributed by atoms with Gasteiger partial charge in [-0.05, 0) is 0 Å². The molecule has 1 aromatic rings. The zero-order chi connectivity index (χ0) is 9.14. The number of rotatable bonds is 3. The van der Waals surface area contributed by atoms with E-state index in [2.05, 4.69) is 21.2 Å². The fourth-order valence-corrected chi connectivity index (χ4v) is 1.01. The third kappa shape index (κ3) is 1.11. The predicted molar refractivity (Wildman–Crippen MR) is 49.4 cm³/mol. The number of hydrogen-bond donors (Lipinski definition) is 4. The van der Waals surface area contributed by atoms with Crippen molar-refractivity contribution in [3.8, 4) is 0 Å². The van der Waals surface area contributed by atoms with Crippen LogP contribution in [0.5, 0.6) is 0 Å². The minimum absolute atomic E-state index is 0.135. The number of nitrogens with zero attached hydrogens (tertiary/aromatic N) is 1. The molecular formula is C6H13N5O. The number of anilines is 2. The lowest BCUT2D eigenvalue weighted by atomic mass is 10.5. The zero-order valence-corrected chi connectivity index (χ0v) is 7.36. The van der Waals surface area contributed by atoms with Gasteiger partial charge in [-0.2, -0.15) is 4.79 Å². The largest absolute Gasteiger partial charge is 0.381 e. The molecule has 0 saturated carbocycles. The fraction of sp³-hybridized carbons (Fsp3) is 0.500. The first kappa shape index (κ1) is 8.51. The standard InChI is InChI=1S/C6H13N5O/c1-7-4-5(8-2)10-11(9-3)6(4)12/h7-10H,1-3H3. The molecule has 0 atom stereocenters. The van der Waals surface area contributed by atoms with Gasteiger partial charge in [-0.25, -0.2) is 0 Å². The SMILES string of the molecule is CNc1[nH]n(NC)c(=O)c1NC. The van der Waals surface area contributed by atoms with Crippen molar-refractivity contribution in [2.24, 2.45) is 0 Å². The summed E-state index contributed by atoms with van der Waals surface area (Å²) >= 11 is 0. The quantitative estimate of drug-likeness (QED) is 0.491. The van der Waals surface area contributed by atoms with Crippen LogP contribution in [-0.2, 0) is 0 Å². The lowest BCUT2D eigenvalue weighted by Crippen LogP contribution is -2.24. The summed E-state index contributed by atoms with van der Waals surface area (Å²) in [6.45, 7) is 0. The molecule has 6 nitrogen and oxygen atoms in total. The molecule has 0 unspecified atom stereocenters. The molecule has 0 aliphatic heterocycles. The van der Waals surface area contributed by atoms with Crippen LogP contribution >= 0.6 is 0 Å². The molecule has 12 heavy (non-hydrogen) atoms. The Balaban J connectivity index is 3.23. The van der Waals surface area contributed by atoms with Crippen LogP contribution in [0.2, 0.25) is 0 Å². The van der Waals surface area contributed by atoms with Gasteiger partial charge in [0, 0.05) is 21.1 Å². The highest BCUT2D eigenvalue weighted by atomic mass is 16.1. The van der Waals surface area contributed by atoms with E-state index < -0.39 is 0 Å². The molecule has 1 rings (SSSR count). The Morgan fingerprint density at radius 2 is 1.92 bits per heavy atom. The average Bonchev–Trinajstić information content (AvgIpc) is 2.41.